The minimum Gasteiger partial charge on any atom is -0.399 e. The van der Waals surface area contributed by atoms with Crippen LogP contribution >= 0.6 is 0 Å². The average molecular weight is 391 g/mol. The molecule has 144 valence electrons. The Labute approximate surface area is 151 Å². The lowest BCUT2D eigenvalue weighted by molar-refractivity contribution is 0.00578. The number of nitrogens with zero attached hydrogens (tertiary/aromatic N) is 1. The van der Waals surface area contributed by atoms with Crippen LogP contribution in [0.25, 0.3) is 0 Å². The highest BCUT2D eigenvalue weighted by molar-refractivity contribution is 7.89. The van der Waals surface area contributed by atoms with Gasteiger partial charge in [0.15, 0.2) is 0 Å². The third kappa shape index (κ3) is 3.28. The van der Waals surface area contributed by atoms with E-state index >= 15 is 0 Å². The number of alkyl halides is 2. The van der Waals surface area contributed by atoms with Gasteiger partial charge in [0.1, 0.15) is 5.82 Å². The molecule has 0 aliphatic carbocycles. The van der Waals surface area contributed by atoms with Crippen molar-refractivity contribution in [3.63, 3.8) is 0 Å². The molecule has 0 amide bonds. The first-order valence-corrected chi connectivity index (χ1v) is 9.72. The first kappa shape index (κ1) is 19.7. The average Bonchev–Trinajstić information content (AvgIpc) is 2.95. The summed E-state index contributed by atoms with van der Waals surface area (Å²) in [5.74, 6) is -3.88. The largest absolute Gasteiger partial charge is 0.497 e. The second-order valence-electron chi connectivity index (χ2n) is 7.72. The van der Waals surface area contributed by atoms with Gasteiger partial charge in [-0.3, -0.25) is 0 Å². The Morgan fingerprint density at radius 1 is 1.12 bits per heavy atom. The maximum Gasteiger partial charge on any atom is 0.497 e. The molecule has 0 radical (unpaired) electrons. The highest BCUT2D eigenvalue weighted by atomic mass is 32.2. The molecule has 1 aromatic carbocycles. The van der Waals surface area contributed by atoms with Crippen LogP contribution in [0.1, 0.15) is 34.1 Å². The van der Waals surface area contributed by atoms with E-state index in [0.29, 0.717) is 4.31 Å². The van der Waals surface area contributed by atoms with Gasteiger partial charge in [0.2, 0.25) is 10.0 Å². The summed E-state index contributed by atoms with van der Waals surface area (Å²) in [6.45, 7) is 6.08. The SMILES string of the molecule is CC1(C)OB(c2ccc(S(=O)(=O)N3CCC(F)(F)C3)cc2F)OC1(C)C. The van der Waals surface area contributed by atoms with E-state index < -0.39 is 53.0 Å². The monoisotopic (exact) mass is 391 g/mol. The van der Waals surface area contributed by atoms with Gasteiger partial charge in [-0.1, -0.05) is 6.07 Å². The number of hydrogen-bond acceptors (Lipinski definition) is 4. The van der Waals surface area contributed by atoms with Gasteiger partial charge in [-0.15, -0.1) is 0 Å². The van der Waals surface area contributed by atoms with Crippen molar-refractivity contribution >= 4 is 22.6 Å². The van der Waals surface area contributed by atoms with Crippen LogP contribution in [0.4, 0.5) is 13.2 Å². The number of hydrogen-bond donors (Lipinski definition) is 0. The van der Waals surface area contributed by atoms with Crippen molar-refractivity contribution in [2.45, 2.75) is 56.1 Å². The molecule has 0 aromatic heterocycles. The fraction of sp³-hybridized carbons (Fsp3) is 0.625. The highest BCUT2D eigenvalue weighted by Gasteiger charge is 2.52. The molecule has 3 rings (SSSR count). The van der Waals surface area contributed by atoms with E-state index in [1.807, 2.05) is 27.7 Å². The van der Waals surface area contributed by atoms with Gasteiger partial charge < -0.3 is 9.31 Å². The predicted molar refractivity (Wildman–Crippen MR) is 90.4 cm³/mol. The van der Waals surface area contributed by atoms with Crippen molar-refractivity contribution in [1.82, 2.24) is 4.31 Å². The van der Waals surface area contributed by atoms with Crippen LogP contribution < -0.4 is 5.46 Å². The minimum absolute atomic E-state index is 0.0642. The van der Waals surface area contributed by atoms with Crippen LogP contribution in [0.5, 0.6) is 0 Å². The Kier molecular flexibility index (Phi) is 4.50. The topological polar surface area (TPSA) is 55.8 Å². The number of sulfonamides is 1. The van der Waals surface area contributed by atoms with Crippen molar-refractivity contribution < 1.29 is 30.9 Å². The van der Waals surface area contributed by atoms with Crippen molar-refractivity contribution in [3.05, 3.63) is 24.0 Å². The third-order valence-corrected chi connectivity index (χ3v) is 7.09. The lowest BCUT2D eigenvalue weighted by Crippen LogP contribution is -2.41. The molecular weight excluding hydrogens is 370 g/mol. The smallest absolute Gasteiger partial charge is 0.399 e. The Bertz CT molecular complexity index is 813. The lowest BCUT2D eigenvalue weighted by atomic mass is 9.79. The van der Waals surface area contributed by atoms with E-state index in [4.69, 9.17) is 9.31 Å². The van der Waals surface area contributed by atoms with Gasteiger partial charge in [-0.05, 0) is 39.8 Å². The van der Waals surface area contributed by atoms with Crippen LogP contribution in [0.3, 0.4) is 0 Å². The molecule has 0 unspecified atom stereocenters. The van der Waals surface area contributed by atoms with Crippen LogP contribution in [0.2, 0.25) is 0 Å². The maximum atomic E-state index is 14.6. The molecular formula is C16H21BF3NO4S. The molecule has 2 fully saturated rings. The summed E-state index contributed by atoms with van der Waals surface area (Å²) in [6, 6.07) is 3.28. The summed E-state index contributed by atoms with van der Waals surface area (Å²) < 4.78 is 78.4. The molecule has 2 heterocycles. The molecule has 10 heteroatoms. The fourth-order valence-corrected chi connectivity index (χ4v) is 4.37. The number of halogens is 3. The molecule has 5 nitrogen and oxygen atoms in total. The van der Waals surface area contributed by atoms with E-state index in [2.05, 4.69) is 0 Å². The standard InChI is InChI=1S/C16H21BF3NO4S/c1-14(2)15(3,4)25-17(24-14)12-6-5-11(9-13(12)18)26(22,23)21-8-7-16(19,20)10-21/h5-6,9H,7-8,10H2,1-4H3. The van der Waals surface area contributed by atoms with Crippen LogP contribution in [-0.2, 0) is 19.3 Å². The Balaban J connectivity index is 1.87. The molecule has 0 bridgehead atoms. The number of benzene rings is 1. The molecule has 0 spiro atoms. The van der Waals surface area contributed by atoms with Gasteiger partial charge >= 0.3 is 7.12 Å². The molecule has 0 saturated carbocycles. The van der Waals surface area contributed by atoms with Crippen LogP contribution in [-0.4, -0.2) is 50.1 Å². The molecule has 26 heavy (non-hydrogen) atoms. The molecule has 0 N–H and O–H groups in total. The Hall–Kier alpha value is -1.10. The van der Waals surface area contributed by atoms with Crippen LogP contribution in [0, 0.1) is 5.82 Å². The quantitative estimate of drug-likeness (QED) is 0.742. The lowest BCUT2D eigenvalue weighted by Gasteiger charge is -2.32. The summed E-state index contributed by atoms with van der Waals surface area (Å²) in [7, 11) is -5.17. The predicted octanol–water partition coefficient (Wildman–Crippen LogP) is 2.15. The Morgan fingerprint density at radius 3 is 2.15 bits per heavy atom. The second-order valence-corrected chi connectivity index (χ2v) is 9.65. The molecule has 0 atom stereocenters. The zero-order chi connectivity index (χ0) is 19.5. The second kappa shape index (κ2) is 5.95. The van der Waals surface area contributed by atoms with Gasteiger partial charge in [-0.2, -0.15) is 4.31 Å². The fourth-order valence-electron chi connectivity index (χ4n) is 2.89. The van der Waals surface area contributed by atoms with E-state index in [9.17, 15) is 21.6 Å². The van der Waals surface area contributed by atoms with Gasteiger partial charge in [-0.25, -0.2) is 21.6 Å². The first-order chi connectivity index (χ1) is 11.8. The van der Waals surface area contributed by atoms with Crippen molar-refractivity contribution in [2.75, 3.05) is 13.1 Å². The normalized spacial score (nSPS) is 25.0. The van der Waals surface area contributed by atoms with Crippen LogP contribution in [0.15, 0.2) is 23.1 Å². The van der Waals surface area contributed by atoms with E-state index in [0.717, 1.165) is 6.07 Å². The van der Waals surface area contributed by atoms with Crippen molar-refractivity contribution in [3.8, 4) is 0 Å². The van der Waals surface area contributed by atoms with E-state index in [1.165, 1.54) is 12.1 Å². The van der Waals surface area contributed by atoms with Gasteiger partial charge in [0.05, 0.1) is 22.6 Å². The number of rotatable bonds is 3. The highest BCUT2D eigenvalue weighted by Crippen LogP contribution is 2.37. The summed E-state index contributed by atoms with van der Waals surface area (Å²) in [4.78, 5) is -0.368. The van der Waals surface area contributed by atoms with Crippen molar-refractivity contribution in [1.29, 1.82) is 0 Å². The molecule has 2 saturated heterocycles. The van der Waals surface area contributed by atoms with Gasteiger partial charge in [0.25, 0.3) is 5.92 Å². The summed E-state index contributed by atoms with van der Waals surface area (Å²) in [5, 5.41) is 0. The molecule has 2 aliphatic rings. The summed E-state index contributed by atoms with van der Waals surface area (Å²) in [5.41, 5.74) is -1.28. The molecule has 1 aromatic rings. The maximum absolute atomic E-state index is 14.6. The zero-order valence-electron chi connectivity index (χ0n) is 15.1. The zero-order valence-corrected chi connectivity index (χ0v) is 15.9. The molecule has 2 aliphatic heterocycles. The first-order valence-electron chi connectivity index (χ1n) is 8.28. The minimum atomic E-state index is -4.19. The third-order valence-electron chi connectivity index (χ3n) is 5.25. The summed E-state index contributed by atoms with van der Waals surface area (Å²) in [6.07, 6.45) is -0.541. The van der Waals surface area contributed by atoms with Crippen molar-refractivity contribution in [2.24, 2.45) is 0 Å². The van der Waals surface area contributed by atoms with E-state index in [1.54, 1.807) is 0 Å². The van der Waals surface area contributed by atoms with E-state index in [-0.39, 0.29) is 16.9 Å². The Morgan fingerprint density at radius 2 is 1.69 bits per heavy atom. The van der Waals surface area contributed by atoms with Gasteiger partial charge in [0, 0.05) is 18.4 Å². The summed E-state index contributed by atoms with van der Waals surface area (Å²) >= 11 is 0.